The molecule has 2 aromatic carbocycles. The maximum Gasteiger partial charge on any atom is 0.325 e. The summed E-state index contributed by atoms with van der Waals surface area (Å²) in [4.78, 5) is 27.7. The Hall–Kier alpha value is -1.69. The molecule has 1 saturated heterocycles. The van der Waals surface area contributed by atoms with Gasteiger partial charge in [-0.05, 0) is 43.0 Å². The third-order valence-corrected chi connectivity index (χ3v) is 5.54. The van der Waals surface area contributed by atoms with Crippen molar-refractivity contribution in [3.63, 3.8) is 0 Å². The number of amides is 3. The van der Waals surface area contributed by atoms with Gasteiger partial charge in [0.1, 0.15) is 5.54 Å². The first kappa shape index (κ1) is 18.1. The van der Waals surface area contributed by atoms with Crippen LogP contribution in [0.15, 0.2) is 47.4 Å². The van der Waals surface area contributed by atoms with Crippen LogP contribution in [0.3, 0.4) is 0 Å². The fraction of sp³-hybridized carbons (Fsp3) is 0.222. The molecule has 25 heavy (non-hydrogen) atoms. The van der Waals surface area contributed by atoms with Crippen molar-refractivity contribution >= 4 is 46.9 Å². The maximum atomic E-state index is 12.9. The van der Waals surface area contributed by atoms with Crippen molar-refractivity contribution in [3.8, 4) is 0 Å². The Bertz CT molecular complexity index is 841. The second-order valence-electron chi connectivity index (χ2n) is 5.92. The van der Waals surface area contributed by atoms with Crippen molar-refractivity contribution < 1.29 is 9.59 Å². The van der Waals surface area contributed by atoms with Crippen LogP contribution in [0.25, 0.3) is 0 Å². The molecule has 7 heteroatoms. The summed E-state index contributed by atoms with van der Waals surface area (Å²) < 4.78 is 0. The van der Waals surface area contributed by atoms with E-state index in [9.17, 15) is 9.59 Å². The summed E-state index contributed by atoms with van der Waals surface area (Å²) in [5.74, 6) is -0.337. The second kappa shape index (κ2) is 6.90. The van der Waals surface area contributed by atoms with E-state index in [1.807, 2.05) is 30.5 Å². The number of nitrogens with zero attached hydrogens (tertiary/aromatic N) is 1. The Morgan fingerprint density at radius 1 is 1.12 bits per heavy atom. The SMILES string of the molecule is CSc1ccc(CN2C(=O)NC(C)(c3ccc(Cl)cc3Cl)C2=O)cc1. The number of urea groups is 1. The van der Waals surface area contributed by atoms with Crippen LogP contribution in [0, 0.1) is 0 Å². The van der Waals surface area contributed by atoms with Gasteiger partial charge < -0.3 is 5.32 Å². The molecule has 2 aromatic rings. The van der Waals surface area contributed by atoms with Gasteiger partial charge in [-0.3, -0.25) is 9.69 Å². The number of nitrogens with one attached hydrogen (secondary N) is 1. The lowest BCUT2D eigenvalue weighted by Gasteiger charge is -2.23. The molecule has 0 saturated carbocycles. The molecule has 1 heterocycles. The molecular formula is C18H16Cl2N2O2S. The molecule has 1 unspecified atom stereocenters. The van der Waals surface area contributed by atoms with Gasteiger partial charge in [-0.2, -0.15) is 0 Å². The molecule has 1 aliphatic rings. The molecule has 0 radical (unpaired) electrons. The molecule has 3 amide bonds. The normalized spacial score (nSPS) is 20.1. The summed E-state index contributed by atoms with van der Waals surface area (Å²) >= 11 is 13.8. The largest absolute Gasteiger partial charge is 0.325 e. The Balaban J connectivity index is 1.88. The predicted octanol–water partition coefficient (Wildman–Crippen LogP) is 4.68. The molecule has 0 aliphatic carbocycles. The van der Waals surface area contributed by atoms with Crippen LogP contribution in [-0.4, -0.2) is 23.1 Å². The van der Waals surface area contributed by atoms with Crippen LogP contribution in [0.1, 0.15) is 18.1 Å². The van der Waals surface area contributed by atoms with Gasteiger partial charge in [0.25, 0.3) is 5.91 Å². The Morgan fingerprint density at radius 2 is 1.80 bits per heavy atom. The summed E-state index contributed by atoms with van der Waals surface area (Å²) in [5, 5.41) is 3.57. The van der Waals surface area contributed by atoms with E-state index in [4.69, 9.17) is 23.2 Å². The fourth-order valence-corrected chi connectivity index (χ4v) is 3.84. The third-order valence-electron chi connectivity index (χ3n) is 4.24. The third kappa shape index (κ3) is 3.36. The molecule has 1 atom stereocenters. The molecule has 1 aliphatic heterocycles. The van der Waals surface area contributed by atoms with Crippen molar-refractivity contribution in [3.05, 3.63) is 63.6 Å². The van der Waals surface area contributed by atoms with Crippen LogP contribution in [-0.2, 0) is 16.9 Å². The van der Waals surface area contributed by atoms with E-state index < -0.39 is 11.6 Å². The van der Waals surface area contributed by atoms with E-state index in [1.165, 1.54) is 4.90 Å². The average Bonchev–Trinajstić information content (AvgIpc) is 2.79. The highest BCUT2D eigenvalue weighted by molar-refractivity contribution is 7.98. The maximum absolute atomic E-state index is 12.9. The van der Waals surface area contributed by atoms with E-state index in [2.05, 4.69) is 5.32 Å². The summed E-state index contributed by atoms with van der Waals surface area (Å²) in [7, 11) is 0. The van der Waals surface area contributed by atoms with Gasteiger partial charge in [0.15, 0.2) is 0 Å². The zero-order valence-corrected chi connectivity index (χ0v) is 16.0. The highest BCUT2D eigenvalue weighted by atomic mass is 35.5. The van der Waals surface area contributed by atoms with Crippen molar-refractivity contribution in [1.29, 1.82) is 0 Å². The topological polar surface area (TPSA) is 49.4 Å². The monoisotopic (exact) mass is 394 g/mol. The minimum absolute atomic E-state index is 0.208. The highest BCUT2D eigenvalue weighted by Crippen LogP contribution is 2.35. The van der Waals surface area contributed by atoms with Gasteiger partial charge >= 0.3 is 6.03 Å². The molecule has 1 N–H and O–H groups in total. The zero-order chi connectivity index (χ0) is 18.2. The van der Waals surface area contributed by atoms with Crippen LogP contribution in [0.5, 0.6) is 0 Å². The Labute approximate surface area is 160 Å². The minimum Gasteiger partial charge on any atom is -0.319 e. The number of rotatable bonds is 4. The highest BCUT2D eigenvalue weighted by Gasteiger charge is 2.49. The van der Waals surface area contributed by atoms with E-state index in [-0.39, 0.29) is 12.5 Å². The molecule has 0 bridgehead atoms. The quantitative estimate of drug-likeness (QED) is 0.604. The second-order valence-corrected chi connectivity index (χ2v) is 7.64. The van der Waals surface area contributed by atoms with E-state index in [0.717, 1.165) is 10.5 Å². The summed E-state index contributed by atoms with van der Waals surface area (Å²) in [6.45, 7) is 1.86. The van der Waals surface area contributed by atoms with Crippen LogP contribution < -0.4 is 5.32 Å². The number of hydrogen-bond acceptors (Lipinski definition) is 3. The molecule has 130 valence electrons. The first-order chi connectivity index (χ1) is 11.8. The lowest BCUT2D eigenvalue weighted by atomic mass is 9.92. The van der Waals surface area contributed by atoms with E-state index in [1.54, 1.807) is 36.9 Å². The Morgan fingerprint density at radius 3 is 2.40 bits per heavy atom. The number of imide groups is 1. The lowest BCUT2D eigenvalue weighted by molar-refractivity contribution is -0.131. The van der Waals surface area contributed by atoms with Gasteiger partial charge in [0.05, 0.1) is 6.54 Å². The van der Waals surface area contributed by atoms with Crippen LogP contribution >= 0.6 is 35.0 Å². The first-order valence-electron chi connectivity index (χ1n) is 7.57. The number of carbonyl (C=O) groups excluding carboxylic acids is 2. The van der Waals surface area contributed by atoms with Crippen LogP contribution in [0.2, 0.25) is 10.0 Å². The van der Waals surface area contributed by atoms with Crippen molar-refractivity contribution in [2.75, 3.05) is 6.26 Å². The molecule has 0 aromatic heterocycles. The molecule has 0 spiro atoms. The summed E-state index contributed by atoms with van der Waals surface area (Å²) in [6, 6.07) is 12.2. The number of halogens is 2. The standard InChI is InChI=1S/C18H16Cl2N2O2S/c1-18(14-8-5-12(19)9-15(14)20)16(23)22(17(24)21-18)10-11-3-6-13(25-2)7-4-11/h3-9H,10H2,1-2H3,(H,21,24). The minimum atomic E-state index is -1.21. The number of carbonyl (C=O) groups is 2. The van der Waals surface area contributed by atoms with Gasteiger partial charge in [-0.1, -0.05) is 41.4 Å². The van der Waals surface area contributed by atoms with Gasteiger partial charge in [-0.25, -0.2) is 4.79 Å². The predicted molar refractivity (Wildman–Crippen MR) is 101 cm³/mol. The fourth-order valence-electron chi connectivity index (χ4n) is 2.83. The number of thioether (sulfide) groups is 1. The van der Waals surface area contributed by atoms with E-state index >= 15 is 0 Å². The number of hydrogen-bond donors (Lipinski definition) is 1. The smallest absolute Gasteiger partial charge is 0.319 e. The van der Waals surface area contributed by atoms with E-state index in [0.29, 0.717) is 15.6 Å². The zero-order valence-electron chi connectivity index (χ0n) is 13.7. The molecule has 3 rings (SSSR count). The van der Waals surface area contributed by atoms with Crippen molar-refractivity contribution in [2.24, 2.45) is 0 Å². The van der Waals surface area contributed by atoms with Gasteiger partial charge in [-0.15, -0.1) is 11.8 Å². The van der Waals surface area contributed by atoms with Crippen molar-refractivity contribution in [2.45, 2.75) is 23.9 Å². The number of benzene rings is 2. The molecule has 4 nitrogen and oxygen atoms in total. The Kier molecular flexibility index (Phi) is 5.00. The van der Waals surface area contributed by atoms with Crippen LogP contribution in [0.4, 0.5) is 4.79 Å². The lowest BCUT2D eigenvalue weighted by Crippen LogP contribution is -2.41. The summed E-state index contributed by atoms with van der Waals surface area (Å²) in [6.07, 6.45) is 1.99. The molecule has 1 fully saturated rings. The molecular weight excluding hydrogens is 379 g/mol. The summed E-state index contributed by atoms with van der Waals surface area (Å²) in [5.41, 5.74) is 0.197. The van der Waals surface area contributed by atoms with Crippen molar-refractivity contribution in [1.82, 2.24) is 10.2 Å². The average molecular weight is 395 g/mol. The van der Waals surface area contributed by atoms with Gasteiger partial charge in [0, 0.05) is 20.5 Å². The van der Waals surface area contributed by atoms with Gasteiger partial charge in [0.2, 0.25) is 0 Å². The first-order valence-corrected chi connectivity index (χ1v) is 9.56.